The third-order valence-electron chi connectivity index (χ3n) is 2.63. The van der Waals surface area contributed by atoms with Gasteiger partial charge in [-0.3, -0.25) is 4.79 Å². The van der Waals surface area contributed by atoms with E-state index in [-0.39, 0.29) is 11.3 Å². The molecule has 0 aliphatic carbocycles. The molecule has 0 heterocycles. The van der Waals surface area contributed by atoms with Gasteiger partial charge in [0.2, 0.25) is 0 Å². The predicted octanol–water partition coefficient (Wildman–Crippen LogP) is 3.02. The van der Waals surface area contributed by atoms with Gasteiger partial charge in [-0.25, -0.2) is 4.39 Å². The van der Waals surface area contributed by atoms with Crippen molar-refractivity contribution in [1.82, 2.24) is 0 Å². The number of phenols is 1. The third kappa shape index (κ3) is 2.18. The fourth-order valence-corrected chi connectivity index (χ4v) is 1.72. The van der Waals surface area contributed by atoms with E-state index in [1.807, 2.05) is 0 Å². The number of hydrogen-bond acceptors (Lipinski definition) is 3. The molecule has 0 aromatic heterocycles. The van der Waals surface area contributed by atoms with E-state index in [1.165, 1.54) is 37.4 Å². The summed E-state index contributed by atoms with van der Waals surface area (Å²) in [5, 5.41) is 9.62. The van der Waals surface area contributed by atoms with E-state index < -0.39 is 5.82 Å². The minimum atomic E-state index is -0.398. The van der Waals surface area contributed by atoms with E-state index in [4.69, 9.17) is 4.74 Å². The van der Waals surface area contributed by atoms with E-state index in [1.54, 1.807) is 6.07 Å². The van der Waals surface area contributed by atoms with E-state index in [2.05, 4.69) is 0 Å². The van der Waals surface area contributed by atoms with E-state index in [9.17, 15) is 14.3 Å². The Morgan fingerprint density at radius 1 is 1.22 bits per heavy atom. The minimum Gasteiger partial charge on any atom is -0.507 e. The van der Waals surface area contributed by atoms with Gasteiger partial charge in [-0.05, 0) is 35.9 Å². The second-order valence-corrected chi connectivity index (χ2v) is 3.74. The Labute approximate surface area is 103 Å². The maximum absolute atomic E-state index is 13.2. The van der Waals surface area contributed by atoms with Crippen molar-refractivity contribution >= 4 is 6.29 Å². The zero-order valence-corrected chi connectivity index (χ0v) is 9.68. The number of methoxy groups -OCH3 is 1. The maximum Gasteiger partial charge on any atom is 0.153 e. The number of carbonyl (C=O) groups excluding carboxylic acids is 1. The van der Waals surface area contributed by atoms with Crippen LogP contribution in [-0.4, -0.2) is 18.5 Å². The predicted molar refractivity (Wildman–Crippen MR) is 65.4 cm³/mol. The number of halogens is 1. The first-order valence-corrected chi connectivity index (χ1v) is 5.28. The van der Waals surface area contributed by atoms with Crippen molar-refractivity contribution < 1.29 is 19.0 Å². The van der Waals surface area contributed by atoms with Gasteiger partial charge in [-0.1, -0.05) is 6.07 Å². The highest BCUT2D eigenvalue weighted by molar-refractivity contribution is 5.82. The van der Waals surface area contributed by atoms with Crippen LogP contribution in [0.3, 0.4) is 0 Å². The Hall–Kier alpha value is -2.36. The molecule has 3 nitrogen and oxygen atoms in total. The average Bonchev–Trinajstić information content (AvgIpc) is 2.38. The van der Waals surface area contributed by atoms with Crippen LogP contribution in [0.25, 0.3) is 11.1 Å². The SMILES string of the molecule is COc1ccc(F)cc1-c1ccc(C=O)c(O)c1. The molecule has 18 heavy (non-hydrogen) atoms. The highest BCUT2D eigenvalue weighted by Gasteiger charge is 2.09. The molecule has 0 amide bonds. The summed E-state index contributed by atoms with van der Waals surface area (Å²) in [5.74, 6) is -0.0479. The number of ether oxygens (including phenoxy) is 1. The highest BCUT2D eigenvalue weighted by atomic mass is 19.1. The maximum atomic E-state index is 13.2. The van der Waals surface area contributed by atoms with Gasteiger partial charge in [0.25, 0.3) is 0 Å². The number of aromatic hydroxyl groups is 1. The molecule has 92 valence electrons. The number of benzene rings is 2. The lowest BCUT2D eigenvalue weighted by atomic mass is 10.0. The van der Waals surface area contributed by atoms with Crippen molar-refractivity contribution in [3.63, 3.8) is 0 Å². The second-order valence-electron chi connectivity index (χ2n) is 3.74. The van der Waals surface area contributed by atoms with Crippen LogP contribution >= 0.6 is 0 Å². The monoisotopic (exact) mass is 246 g/mol. The standard InChI is InChI=1S/C14H11FO3/c1-18-14-5-4-11(15)7-12(14)9-2-3-10(8-16)13(17)6-9/h2-8,17H,1H3. The zero-order valence-electron chi connectivity index (χ0n) is 9.68. The number of aldehydes is 1. The largest absolute Gasteiger partial charge is 0.507 e. The summed E-state index contributed by atoms with van der Waals surface area (Å²) in [7, 11) is 1.48. The van der Waals surface area contributed by atoms with Crippen LogP contribution in [-0.2, 0) is 0 Å². The summed E-state index contributed by atoms with van der Waals surface area (Å²) in [4.78, 5) is 10.6. The first-order chi connectivity index (χ1) is 8.65. The summed E-state index contributed by atoms with van der Waals surface area (Å²) in [6.07, 6.45) is 0.557. The van der Waals surface area contributed by atoms with Crippen molar-refractivity contribution in [1.29, 1.82) is 0 Å². The molecule has 0 fully saturated rings. The van der Waals surface area contributed by atoms with Gasteiger partial charge >= 0.3 is 0 Å². The third-order valence-corrected chi connectivity index (χ3v) is 2.63. The van der Waals surface area contributed by atoms with Crippen LogP contribution in [0.1, 0.15) is 10.4 Å². The Morgan fingerprint density at radius 2 is 2.00 bits per heavy atom. The molecular formula is C14H11FO3. The smallest absolute Gasteiger partial charge is 0.153 e. The molecular weight excluding hydrogens is 235 g/mol. The summed E-state index contributed by atoms with van der Waals surface area (Å²) in [5.41, 5.74) is 1.29. The van der Waals surface area contributed by atoms with Crippen LogP contribution in [0.2, 0.25) is 0 Å². The van der Waals surface area contributed by atoms with E-state index in [0.29, 0.717) is 23.2 Å². The van der Waals surface area contributed by atoms with Crippen LogP contribution in [0.4, 0.5) is 4.39 Å². The van der Waals surface area contributed by atoms with Crippen LogP contribution < -0.4 is 4.74 Å². The van der Waals surface area contributed by atoms with Crippen molar-refractivity contribution in [2.75, 3.05) is 7.11 Å². The van der Waals surface area contributed by atoms with Crippen molar-refractivity contribution in [3.8, 4) is 22.6 Å². The molecule has 0 saturated carbocycles. The lowest BCUT2D eigenvalue weighted by Crippen LogP contribution is -1.90. The molecule has 0 aliphatic heterocycles. The molecule has 4 heteroatoms. The lowest BCUT2D eigenvalue weighted by Gasteiger charge is -2.09. The normalized spacial score (nSPS) is 10.1. The molecule has 0 saturated heterocycles. The van der Waals surface area contributed by atoms with Crippen LogP contribution in [0.15, 0.2) is 36.4 Å². The number of hydrogen-bond donors (Lipinski definition) is 1. The Balaban J connectivity index is 2.57. The summed E-state index contributed by atoms with van der Waals surface area (Å²) in [6.45, 7) is 0. The number of rotatable bonds is 3. The topological polar surface area (TPSA) is 46.5 Å². The highest BCUT2D eigenvalue weighted by Crippen LogP contribution is 2.33. The van der Waals surface area contributed by atoms with E-state index >= 15 is 0 Å². The Kier molecular flexibility index (Phi) is 3.28. The number of phenolic OH excluding ortho intramolecular Hbond substituents is 1. The fraction of sp³-hybridized carbons (Fsp3) is 0.0714. The lowest BCUT2D eigenvalue weighted by molar-refractivity contribution is 0.112. The van der Waals surface area contributed by atoms with Gasteiger partial charge in [0.1, 0.15) is 17.3 Å². The van der Waals surface area contributed by atoms with Gasteiger partial charge in [-0.15, -0.1) is 0 Å². The Morgan fingerprint density at radius 3 is 2.61 bits per heavy atom. The average molecular weight is 246 g/mol. The molecule has 0 unspecified atom stereocenters. The molecule has 2 aromatic carbocycles. The summed E-state index contributed by atoms with van der Waals surface area (Å²) < 4.78 is 18.4. The molecule has 0 aliphatic rings. The number of carbonyl (C=O) groups is 1. The van der Waals surface area contributed by atoms with Crippen molar-refractivity contribution in [2.24, 2.45) is 0 Å². The Bertz CT molecular complexity index is 594. The van der Waals surface area contributed by atoms with Gasteiger partial charge in [0.15, 0.2) is 6.29 Å². The zero-order chi connectivity index (χ0) is 13.1. The summed E-state index contributed by atoms with van der Waals surface area (Å²) in [6, 6.07) is 8.62. The molecule has 2 aromatic rings. The molecule has 0 bridgehead atoms. The molecule has 0 atom stereocenters. The van der Waals surface area contributed by atoms with E-state index in [0.717, 1.165) is 0 Å². The molecule has 0 spiro atoms. The summed E-state index contributed by atoms with van der Waals surface area (Å²) >= 11 is 0. The van der Waals surface area contributed by atoms with Crippen LogP contribution in [0.5, 0.6) is 11.5 Å². The first-order valence-electron chi connectivity index (χ1n) is 5.28. The van der Waals surface area contributed by atoms with Crippen LogP contribution in [0, 0.1) is 5.82 Å². The molecule has 1 N–H and O–H groups in total. The van der Waals surface area contributed by atoms with Gasteiger partial charge < -0.3 is 9.84 Å². The fourth-order valence-electron chi connectivity index (χ4n) is 1.72. The van der Waals surface area contributed by atoms with Crippen molar-refractivity contribution in [2.45, 2.75) is 0 Å². The van der Waals surface area contributed by atoms with Gasteiger partial charge in [0, 0.05) is 5.56 Å². The van der Waals surface area contributed by atoms with Crippen molar-refractivity contribution in [3.05, 3.63) is 47.8 Å². The molecule has 0 radical (unpaired) electrons. The minimum absolute atomic E-state index is 0.145. The second kappa shape index (κ2) is 4.87. The quantitative estimate of drug-likeness (QED) is 0.847. The molecule has 2 rings (SSSR count). The van der Waals surface area contributed by atoms with Gasteiger partial charge in [-0.2, -0.15) is 0 Å². The van der Waals surface area contributed by atoms with Gasteiger partial charge in [0.05, 0.1) is 12.7 Å². The first kappa shape index (κ1) is 12.1.